The Morgan fingerprint density at radius 1 is 0.649 bits per heavy atom. The summed E-state index contributed by atoms with van der Waals surface area (Å²) in [5, 5.41) is 9.20. The van der Waals surface area contributed by atoms with Crippen LogP contribution in [-0.4, -0.2) is 37.0 Å². The Kier molecular flexibility index (Phi) is 31.8. The molecule has 2 radical (unpaired) electrons. The maximum absolute atomic E-state index is 11.2. The number of hydrogen-bond acceptors (Lipinski definition) is 2. The summed E-state index contributed by atoms with van der Waals surface area (Å²) in [6, 6.07) is 0. The van der Waals surface area contributed by atoms with Crippen molar-refractivity contribution in [2.45, 2.75) is 190 Å². The molecule has 0 aromatic heterocycles. The van der Waals surface area contributed by atoms with Gasteiger partial charge in [0.2, 0.25) is 0 Å². The second kappa shape index (κ2) is 29.6. The molecule has 1 N–H and O–H groups in total. The SMILES string of the molecule is CC(C)CCCCCCC(S)(CCCCCCC(C)C)CC(=O)O.CCCCCCC[CH2][Sn][CH2]CCC. The summed E-state index contributed by atoms with van der Waals surface area (Å²) >= 11 is 4.90. The summed E-state index contributed by atoms with van der Waals surface area (Å²) in [6.45, 7) is 13.7. The van der Waals surface area contributed by atoms with E-state index in [1.54, 1.807) is 15.3 Å². The topological polar surface area (TPSA) is 37.3 Å². The fourth-order valence-corrected chi connectivity index (χ4v) is 9.08. The number of carbonyl (C=O) groups is 1. The molecule has 0 unspecified atom stereocenters. The fourth-order valence-electron chi connectivity index (χ4n) is 4.76. The zero-order valence-electron chi connectivity index (χ0n) is 26.2. The Hall–Kier alpha value is 0.619. The molecule has 0 aliphatic rings. The third kappa shape index (κ3) is 34.6. The summed E-state index contributed by atoms with van der Waals surface area (Å²) in [6.07, 6.45) is 26.3. The van der Waals surface area contributed by atoms with Crippen molar-refractivity contribution >= 4 is 39.7 Å². The van der Waals surface area contributed by atoms with Crippen LogP contribution in [0.5, 0.6) is 0 Å². The molecule has 2 nitrogen and oxygen atoms in total. The summed E-state index contributed by atoms with van der Waals surface area (Å²) in [4.78, 5) is 11.2. The van der Waals surface area contributed by atoms with Gasteiger partial charge in [0, 0.05) is 4.75 Å². The number of carboxylic acids is 1. The molecule has 0 heterocycles. The van der Waals surface area contributed by atoms with E-state index in [0.29, 0.717) is 0 Å². The Bertz CT molecular complexity index is 437. The van der Waals surface area contributed by atoms with Gasteiger partial charge in [-0.1, -0.05) is 91.9 Å². The molecule has 0 saturated carbocycles. The van der Waals surface area contributed by atoms with Crippen molar-refractivity contribution in [2.75, 3.05) is 0 Å². The molecule has 0 fully saturated rings. The van der Waals surface area contributed by atoms with E-state index in [9.17, 15) is 9.90 Å². The zero-order chi connectivity index (χ0) is 28.2. The van der Waals surface area contributed by atoms with Gasteiger partial charge in [-0.15, -0.1) is 0 Å². The van der Waals surface area contributed by atoms with Crippen LogP contribution < -0.4 is 0 Å². The van der Waals surface area contributed by atoms with E-state index in [1.807, 2.05) is 0 Å². The molecule has 0 spiro atoms. The molecule has 0 bridgehead atoms. The van der Waals surface area contributed by atoms with Crippen LogP contribution in [0.4, 0.5) is 0 Å². The Balaban J connectivity index is 0. The number of unbranched alkanes of at least 4 members (excludes halogenated alkanes) is 12. The summed E-state index contributed by atoms with van der Waals surface area (Å²) < 4.78 is 2.98. The molecule has 0 aliphatic carbocycles. The predicted molar refractivity (Wildman–Crippen MR) is 173 cm³/mol. The van der Waals surface area contributed by atoms with E-state index in [0.717, 1.165) is 37.5 Å². The average Bonchev–Trinajstić information content (AvgIpc) is 2.82. The van der Waals surface area contributed by atoms with Crippen LogP contribution in [0.3, 0.4) is 0 Å². The molecule has 0 aliphatic heterocycles. The Morgan fingerprint density at radius 2 is 1.05 bits per heavy atom. The van der Waals surface area contributed by atoms with Gasteiger partial charge in [-0.05, 0) is 24.7 Å². The van der Waals surface area contributed by atoms with Gasteiger partial charge >= 0.3 is 101 Å². The van der Waals surface area contributed by atoms with E-state index in [1.165, 1.54) is 96.3 Å². The first-order valence-electron chi connectivity index (χ1n) is 16.3. The molecule has 0 saturated heterocycles. The molecule has 0 aromatic rings. The minimum atomic E-state index is -0.704. The van der Waals surface area contributed by atoms with E-state index < -0.39 is 5.97 Å². The first-order valence-corrected chi connectivity index (χ1v) is 20.8. The molecular weight excluding hydrogens is 579 g/mol. The molecule has 0 atom stereocenters. The normalized spacial score (nSPS) is 11.7. The van der Waals surface area contributed by atoms with Crippen molar-refractivity contribution in [3.63, 3.8) is 0 Å². The maximum atomic E-state index is 11.2. The molecule has 4 heteroatoms. The van der Waals surface area contributed by atoms with Gasteiger partial charge < -0.3 is 5.11 Å². The molecule has 37 heavy (non-hydrogen) atoms. The van der Waals surface area contributed by atoms with Crippen LogP contribution in [0.1, 0.15) is 176 Å². The van der Waals surface area contributed by atoms with Crippen LogP contribution in [0.2, 0.25) is 8.87 Å². The number of rotatable bonds is 26. The van der Waals surface area contributed by atoms with Gasteiger partial charge in [-0.3, -0.25) is 4.79 Å². The first-order chi connectivity index (χ1) is 17.7. The Morgan fingerprint density at radius 3 is 1.51 bits per heavy atom. The van der Waals surface area contributed by atoms with Gasteiger partial charge in [-0.25, -0.2) is 0 Å². The fraction of sp³-hybridized carbons (Fsp3) is 0.970. The van der Waals surface area contributed by atoms with Crippen LogP contribution in [0, 0.1) is 11.8 Å². The molecule has 0 rings (SSSR count). The van der Waals surface area contributed by atoms with Gasteiger partial charge in [-0.2, -0.15) is 12.6 Å². The third-order valence-electron chi connectivity index (χ3n) is 7.24. The second-order valence-electron chi connectivity index (χ2n) is 12.4. The van der Waals surface area contributed by atoms with Gasteiger partial charge in [0.05, 0.1) is 6.42 Å². The monoisotopic (exact) mass is 648 g/mol. The number of carboxylic acid groups (broad SMARTS) is 1. The van der Waals surface area contributed by atoms with Crippen molar-refractivity contribution in [3.05, 3.63) is 0 Å². The van der Waals surface area contributed by atoms with E-state index in [4.69, 9.17) is 12.6 Å². The minimum absolute atomic E-state index is 0.112. The van der Waals surface area contributed by atoms with Crippen molar-refractivity contribution in [1.29, 1.82) is 0 Å². The van der Waals surface area contributed by atoms with E-state index in [2.05, 4.69) is 41.5 Å². The van der Waals surface area contributed by atoms with Crippen LogP contribution in [-0.2, 0) is 4.79 Å². The Labute approximate surface area is 250 Å². The first kappa shape index (κ1) is 39.8. The van der Waals surface area contributed by atoms with Crippen molar-refractivity contribution in [3.8, 4) is 0 Å². The van der Waals surface area contributed by atoms with Gasteiger partial charge in [0.15, 0.2) is 0 Å². The van der Waals surface area contributed by atoms with Crippen LogP contribution >= 0.6 is 12.6 Å². The summed E-state index contributed by atoms with van der Waals surface area (Å²) in [5.41, 5.74) is 0. The third-order valence-corrected chi connectivity index (χ3v) is 11.9. The zero-order valence-corrected chi connectivity index (χ0v) is 30.0. The van der Waals surface area contributed by atoms with Gasteiger partial charge in [0.1, 0.15) is 0 Å². The summed E-state index contributed by atoms with van der Waals surface area (Å²) in [5.74, 6) is 0.873. The molecular formula is C33H68O2SSn. The standard InChI is InChI=1S/C21H42O2S.C8H17.C4H9.Sn/c1-18(2)13-9-5-7-11-15-21(24,17-20(22)23)16-12-8-6-10-14-19(3)4;1-3-5-7-8-6-4-2;1-3-4-2;/h18-19,24H,5-17H2,1-4H3,(H,22,23);1,3-8H2,2H3;1,3-4H2,2H3;. The molecule has 0 aromatic carbocycles. The van der Waals surface area contributed by atoms with Crippen molar-refractivity contribution in [2.24, 2.45) is 11.8 Å². The molecule has 222 valence electrons. The number of thiol groups is 1. The van der Waals surface area contributed by atoms with E-state index >= 15 is 0 Å². The van der Waals surface area contributed by atoms with Crippen molar-refractivity contribution in [1.82, 2.24) is 0 Å². The van der Waals surface area contributed by atoms with Gasteiger partial charge in [0.25, 0.3) is 0 Å². The quantitative estimate of drug-likeness (QED) is 0.0557. The predicted octanol–water partition coefficient (Wildman–Crippen LogP) is 11.8. The average molecular weight is 648 g/mol. The molecule has 0 amide bonds. The number of aliphatic carboxylic acids is 1. The second-order valence-corrected chi connectivity index (χ2v) is 17.6. The van der Waals surface area contributed by atoms with Crippen molar-refractivity contribution < 1.29 is 9.90 Å². The van der Waals surface area contributed by atoms with E-state index in [-0.39, 0.29) is 32.3 Å². The van der Waals surface area contributed by atoms with Crippen LogP contribution in [0.15, 0.2) is 0 Å². The van der Waals surface area contributed by atoms with Crippen LogP contribution in [0.25, 0.3) is 0 Å². The summed E-state index contributed by atoms with van der Waals surface area (Å²) in [7, 11) is 0. The number of hydrogen-bond donors (Lipinski definition) is 2.